The van der Waals surface area contributed by atoms with E-state index in [1.807, 2.05) is 0 Å². The molecule has 1 aliphatic rings. The van der Waals surface area contributed by atoms with Crippen molar-refractivity contribution in [2.75, 3.05) is 13.1 Å². The number of nitrogens with zero attached hydrogens (tertiary/aromatic N) is 1. The van der Waals surface area contributed by atoms with Crippen molar-refractivity contribution in [1.29, 1.82) is 0 Å². The van der Waals surface area contributed by atoms with Gasteiger partial charge >= 0.3 is 0 Å². The number of benzene rings is 3. The first-order valence-corrected chi connectivity index (χ1v) is 11.8. The molecule has 0 aromatic heterocycles. The number of phenolic OH excluding ortho intramolecular Hbond substituents is 1. The van der Waals surface area contributed by atoms with Crippen LogP contribution in [0, 0.1) is 11.6 Å². The zero-order valence-electron chi connectivity index (χ0n) is 16.5. The maximum absolute atomic E-state index is 14.5. The van der Waals surface area contributed by atoms with Gasteiger partial charge in [-0.25, -0.2) is 17.2 Å². The smallest absolute Gasteiger partial charge is 0.186 e. The maximum atomic E-state index is 14.5. The number of hydrogen-bond donors (Lipinski definition) is 1. The van der Waals surface area contributed by atoms with Crippen LogP contribution in [0.3, 0.4) is 0 Å². The van der Waals surface area contributed by atoms with Gasteiger partial charge in [-0.1, -0.05) is 41.9 Å². The molecule has 1 aliphatic heterocycles. The summed E-state index contributed by atoms with van der Waals surface area (Å²) in [4.78, 5) is 1.76. The number of rotatable bonds is 6. The molecule has 3 aromatic rings. The third-order valence-corrected chi connectivity index (χ3v) is 7.31. The van der Waals surface area contributed by atoms with Crippen molar-refractivity contribution in [3.63, 3.8) is 0 Å². The molecule has 0 atom stereocenters. The molecule has 1 saturated heterocycles. The number of sulfone groups is 1. The van der Waals surface area contributed by atoms with Crippen LogP contribution < -0.4 is 0 Å². The van der Waals surface area contributed by atoms with E-state index in [0.29, 0.717) is 23.7 Å². The molecular formula is C23H20ClF2NO3S. The van der Waals surface area contributed by atoms with Crippen molar-refractivity contribution in [2.45, 2.75) is 23.6 Å². The van der Waals surface area contributed by atoms with Gasteiger partial charge in [0.2, 0.25) is 0 Å². The summed E-state index contributed by atoms with van der Waals surface area (Å²) in [5.41, 5.74) is 1.05. The van der Waals surface area contributed by atoms with Crippen molar-refractivity contribution in [3.05, 3.63) is 82.4 Å². The SMILES string of the molecule is O=S(=O)(Cc1cc(-c2ccccc2)c(F)cc1F)c1cc(CN2CCC2)cc(Cl)c1O. The Hall–Kier alpha value is -2.48. The molecule has 0 radical (unpaired) electrons. The average Bonchev–Trinajstić information content (AvgIpc) is 2.69. The third-order valence-electron chi connectivity index (χ3n) is 5.34. The molecule has 1 fully saturated rings. The topological polar surface area (TPSA) is 57.6 Å². The van der Waals surface area contributed by atoms with Gasteiger partial charge in [-0.2, -0.15) is 0 Å². The van der Waals surface area contributed by atoms with Gasteiger partial charge in [0, 0.05) is 23.7 Å². The summed E-state index contributed by atoms with van der Waals surface area (Å²) in [5.74, 6) is -3.06. The van der Waals surface area contributed by atoms with E-state index in [0.717, 1.165) is 19.5 Å². The molecule has 0 spiro atoms. The fourth-order valence-electron chi connectivity index (χ4n) is 3.58. The Morgan fingerprint density at radius 2 is 1.71 bits per heavy atom. The number of phenols is 1. The molecule has 31 heavy (non-hydrogen) atoms. The summed E-state index contributed by atoms with van der Waals surface area (Å²) < 4.78 is 55.0. The van der Waals surface area contributed by atoms with Crippen molar-refractivity contribution in [3.8, 4) is 16.9 Å². The van der Waals surface area contributed by atoms with Crippen LogP contribution >= 0.6 is 11.6 Å². The summed E-state index contributed by atoms with van der Waals surface area (Å²) in [5, 5.41) is 10.2. The third kappa shape index (κ3) is 4.59. The Labute approximate surface area is 184 Å². The van der Waals surface area contributed by atoms with Gasteiger partial charge in [0.25, 0.3) is 0 Å². The predicted octanol–water partition coefficient (Wildman–Crippen LogP) is 5.17. The van der Waals surface area contributed by atoms with Crippen LogP contribution in [0.25, 0.3) is 11.1 Å². The van der Waals surface area contributed by atoms with E-state index in [1.165, 1.54) is 18.2 Å². The first-order valence-electron chi connectivity index (χ1n) is 9.74. The Kier molecular flexibility index (Phi) is 6.01. The minimum Gasteiger partial charge on any atom is -0.505 e. The molecule has 0 saturated carbocycles. The second-order valence-corrected chi connectivity index (χ2v) is 9.97. The standard InChI is InChI=1S/C23H20ClF2NO3S/c24-19-9-15(13-27-7-4-8-27)10-22(23(19)28)31(29,30)14-17-11-18(21(26)12-20(17)25)16-5-2-1-3-6-16/h1-3,5-6,9-12,28H,4,7-8,13-14H2. The predicted molar refractivity (Wildman–Crippen MR) is 116 cm³/mol. The lowest BCUT2D eigenvalue weighted by Gasteiger charge is -2.30. The second-order valence-electron chi connectivity index (χ2n) is 7.60. The van der Waals surface area contributed by atoms with Gasteiger partial charge in [0.15, 0.2) is 15.6 Å². The van der Waals surface area contributed by atoms with Crippen LogP contribution in [0.5, 0.6) is 5.75 Å². The van der Waals surface area contributed by atoms with Crippen LogP contribution in [0.15, 0.2) is 59.5 Å². The molecular weight excluding hydrogens is 444 g/mol. The van der Waals surface area contributed by atoms with Crippen LogP contribution in [0.4, 0.5) is 8.78 Å². The summed E-state index contributed by atoms with van der Waals surface area (Å²) >= 11 is 6.07. The van der Waals surface area contributed by atoms with E-state index in [4.69, 9.17) is 11.6 Å². The lowest BCUT2D eigenvalue weighted by molar-refractivity contribution is 0.172. The fraction of sp³-hybridized carbons (Fsp3) is 0.217. The van der Waals surface area contributed by atoms with Crippen LogP contribution in [0.2, 0.25) is 5.02 Å². The normalized spacial score (nSPS) is 14.4. The molecule has 0 amide bonds. The van der Waals surface area contributed by atoms with Gasteiger partial charge in [-0.05, 0) is 48.8 Å². The maximum Gasteiger partial charge on any atom is 0.186 e. The van der Waals surface area contributed by atoms with Crippen molar-refractivity contribution in [1.82, 2.24) is 4.90 Å². The number of hydrogen-bond acceptors (Lipinski definition) is 4. The van der Waals surface area contributed by atoms with E-state index in [9.17, 15) is 22.3 Å². The molecule has 1 N–H and O–H groups in total. The Morgan fingerprint density at radius 3 is 2.35 bits per heavy atom. The van der Waals surface area contributed by atoms with E-state index >= 15 is 0 Å². The second kappa shape index (κ2) is 8.57. The molecule has 4 rings (SSSR count). The van der Waals surface area contributed by atoms with Crippen molar-refractivity contribution >= 4 is 21.4 Å². The molecule has 162 valence electrons. The summed E-state index contributed by atoms with van der Waals surface area (Å²) in [6.45, 7) is 2.32. The highest BCUT2D eigenvalue weighted by Crippen LogP contribution is 2.36. The molecule has 0 unspecified atom stereocenters. The van der Waals surface area contributed by atoms with E-state index in [2.05, 4.69) is 4.90 Å². The zero-order valence-corrected chi connectivity index (χ0v) is 18.1. The summed E-state index contributed by atoms with van der Waals surface area (Å²) in [6.07, 6.45) is 1.07. The minimum absolute atomic E-state index is 0.0823. The zero-order chi connectivity index (χ0) is 22.2. The molecule has 0 aliphatic carbocycles. The highest BCUT2D eigenvalue weighted by atomic mass is 35.5. The van der Waals surface area contributed by atoms with Crippen molar-refractivity contribution < 1.29 is 22.3 Å². The highest BCUT2D eigenvalue weighted by molar-refractivity contribution is 7.90. The largest absolute Gasteiger partial charge is 0.505 e. The highest BCUT2D eigenvalue weighted by Gasteiger charge is 2.26. The minimum atomic E-state index is -4.16. The molecule has 0 bridgehead atoms. The quantitative estimate of drug-likeness (QED) is 0.548. The first kappa shape index (κ1) is 21.7. The van der Waals surface area contributed by atoms with Gasteiger partial charge in [-0.15, -0.1) is 0 Å². The van der Waals surface area contributed by atoms with E-state index < -0.39 is 33.0 Å². The molecule has 8 heteroatoms. The van der Waals surface area contributed by atoms with Crippen molar-refractivity contribution in [2.24, 2.45) is 0 Å². The van der Waals surface area contributed by atoms with E-state index in [1.54, 1.807) is 30.3 Å². The van der Waals surface area contributed by atoms with Gasteiger partial charge in [0.1, 0.15) is 16.5 Å². The molecule has 3 aromatic carbocycles. The van der Waals surface area contributed by atoms with Crippen LogP contribution in [-0.4, -0.2) is 31.5 Å². The number of likely N-dealkylation sites (tertiary alicyclic amines) is 1. The lowest BCUT2D eigenvalue weighted by Crippen LogP contribution is -2.36. The summed E-state index contributed by atoms with van der Waals surface area (Å²) in [7, 11) is -4.16. The lowest BCUT2D eigenvalue weighted by atomic mass is 10.0. The molecule has 4 nitrogen and oxygen atoms in total. The number of halogens is 3. The first-order chi connectivity index (χ1) is 14.7. The average molecular weight is 464 g/mol. The molecule has 1 heterocycles. The van der Waals surface area contributed by atoms with Crippen LogP contribution in [0.1, 0.15) is 17.5 Å². The number of aromatic hydroxyl groups is 1. The summed E-state index contributed by atoms with van der Waals surface area (Å²) in [6, 6.07) is 13.3. The van der Waals surface area contributed by atoms with Gasteiger partial charge in [0.05, 0.1) is 10.8 Å². The monoisotopic (exact) mass is 463 g/mol. The Bertz CT molecular complexity index is 1230. The van der Waals surface area contributed by atoms with Crippen LogP contribution in [-0.2, 0) is 22.1 Å². The van der Waals surface area contributed by atoms with E-state index in [-0.39, 0.29) is 21.0 Å². The van der Waals surface area contributed by atoms with Gasteiger partial charge < -0.3 is 5.11 Å². The Balaban J connectivity index is 1.71. The Morgan fingerprint density at radius 1 is 1.00 bits per heavy atom. The van der Waals surface area contributed by atoms with Gasteiger partial charge in [-0.3, -0.25) is 4.90 Å². The fourth-order valence-corrected chi connectivity index (χ4v) is 5.40.